The molecule has 166 valence electrons. The maximum Gasteiger partial charge on any atom is 0.194 e. The number of aromatic nitrogens is 3. The molecule has 3 heterocycles. The molecule has 8 heteroatoms. The van der Waals surface area contributed by atoms with Crippen molar-refractivity contribution in [1.82, 2.24) is 29.9 Å². The van der Waals surface area contributed by atoms with Crippen molar-refractivity contribution in [3.05, 3.63) is 11.6 Å². The number of nitrogens with zero attached hydrogens (tertiary/aromatic N) is 6. The minimum atomic E-state index is 0. The standard InChI is InChI=1S/C21H39N7.HI/c1-4-22-21(27-15-13-26(14-16-27)17-18(2)3)23-11-8-10-20-25-24-19-9-6-5-7-12-28(19)20;/h18H,4-17H2,1-3H3,(H,22,23);1H. The third-order valence-electron chi connectivity index (χ3n) is 5.64. The Balaban J connectivity index is 0.00000300. The Morgan fingerprint density at radius 3 is 2.59 bits per heavy atom. The fraction of sp³-hybridized carbons (Fsp3) is 0.857. The number of nitrogens with one attached hydrogen (secondary N) is 1. The molecule has 1 N–H and O–H groups in total. The summed E-state index contributed by atoms with van der Waals surface area (Å²) >= 11 is 0. The third kappa shape index (κ3) is 7.38. The van der Waals surface area contributed by atoms with Gasteiger partial charge in [-0.15, -0.1) is 34.2 Å². The highest BCUT2D eigenvalue weighted by Crippen LogP contribution is 2.15. The molecule has 0 unspecified atom stereocenters. The van der Waals surface area contributed by atoms with Crippen LogP contribution < -0.4 is 5.32 Å². The Morgan fingerprint density at radius 2 is 1.86 bits per heavy atom. The molecule has 29 heavy (non-hydrogen) atoms. The summed E-state index contributed by atoms with van der Waals surface area (Å²) < 4.78 is 2.36. The molecular formula is C21H40IN7. The van der Waals surface area contributed by atoms with Gasteiger partial charge in [-0.3, -0.25) is 9.89 Å². The predicted molar refractivity (Wildman–Crippen MR) is 130 cm³/mol. The molecule has 0 aliphatic carbocycles. The van der Waals surface area contributed by atoms with Crippen LogP contribution in [0.5, 0.6) is 0 Å². The van der Waals surface area contributed by atoms with Crippen LogP contribution in [0.4, 0.5) is 0 Å². The maximum atomic E-state index is 4.91. The van der Waals surface area contributed by atoms with E-state index in [2.05, 4.69) is 50.7 Å². The molecule has 0 amide bonds. The Bertz CT molecular complexity index is 621. The third-order valence-corrected chi connectivity index (χ3v) is 5.64. The molecule has 0 radical (unpaired) electrons. The van der Waals surface area contributed by atoms with Gasteiger partial charge < -0.3 is 14.8 Å². The largest absolute Gasteiger partial charge is 0.357 e. The molecule has 0 atom stereocenters. The van der Waals surface area contributed by atoms with Gasteiger partial charge in [-0.1, -0.05) is 20.3 Å². The zero-order valence-corrected chi connectivity index (χ0v) is 20.9. The van der Waals surface area contributed by atoms with Crippen molar-refractivity contribution in [1.29, 1.82) is 0 Å². The van der Waals surface area contributed by atoms with Crippen LogP contribution in [0.3, 0.4) is 0 Å². The first-order valence-corrected chi connectivity index (χ1v) is 11.3. The number of piperazine rings is 1. The number of fused-ring (bicyclic) bond motifs is 1. The van der Waals surface area contributed by atoms with Gasteiger partial charge in [0.2, 0.25) is 0 Å². The van der Waals surface area contributed by atoms with E-state index in [0.29, 0.717) is 0 Å². The second kappa shape index (κ2) is 12.7. The molecule has 3 rings (SSSR count). The second-order valence-electron chi connectivity index (χ2n) is 8.52. The van der Waals surface area contributed by atoms with E-state index >= 15 is 0 Å². The van der Waals surface area contributed by atoms with Gasteiger partial charge in [0.1, 0.15) is 11.6 Å². The molecule has 1 aromatic rings. The van der Waals surface area contributed by atoms with Gasteiger partial charge in [0.25, 0.3) is 0 Å². The topological polar surface area (TPSA) is 61.6 Å². The molecule has 7 nitrogen and oxygen atoms in total. The van der Waals surface area contributed by atoms with E-state index in [1.807, 2.05) is 0 Å². The average Bonchev–Trinajstić information content (AvgIpc) is 2.91. The van der Waals surface area contributed by atoms with E-state index in [4.69, 9.17) is 4.99 Å². The maximum absolute atomic E-state index is 4.91. The fourth-order valence-corrected chi connectivity index (χ4v) is 4.24. The minimum Gasteiger partial charge on any atom is -0.357 e. The van der Waals surface area contributed by atoms with E-state index in [1.165, 1.54) is 31.6 Å². The lowest BCUT2D eigenvalue weighted by molar-refractivity contribution is 0.164. The van der Waals surface area contributed by atoms with Crippen molar-refractivity contribution in [2.45, 2.75) is 65.8 Å². The Morgan fingerprint density at radius 1 is 1.07 bits per heavy atom. The highest BCUT2D eigenvalue weighted by atomic mass is 127. The zero-order chi connectivity index (χ0) is 19.8. The van der Waals surface area contributed by atoms with Crippen molar-refractivity contribution in [3.63, 3.8) is 0 Å². The second-order valence-corrected chi connectivity index (χ2v) is 8.52. The van der Waals surface area contributed by atoms with E-state index < -0.39 is 0 Å². The fourth-order valence-electron chi connectivity index (χ4n) is 4.24. The van der Waals surface area contributed by atoms with Crippen molar-refractivity contribution >= 4 is 29.9 Å². The van der Waals surface area contributed by atoms with E-state index in [1.54, 1.807) is 0 Å². The van der Waals surface area contributed by atoms with Crippen molar-refractivity contribution in [2.75, 3.05) is 45.8 Å². The van der Waals surface area contributed by atoms with Gasteiger partial charge in [-0.2, -0.15) is 0 Å². The van der Waals surface area contributed by atoms with E-state index in [9.17, 15) is 0 Å². The molecule has 0 saturated carbocycles. The molecule has 0 spiro atoms. The van der Waals surface area contributed by atoms with Crippen LogP contribution in [0.25, 0.3) is 0 Å². The van der Waals surface area contributed by atoms with Gasteiger partial charge >= 0.3 is 0 Å². The lowest BCUT2D eigenvalue weighted by Crippen LogP contribution is -2.53. The molecule has 2 aliphatic rings. The highest BCUT2D eigenvalue weighted by Gasteiger charge is 2.20. The first-order valence-electron chi connectivity index (χ1n) is 11.3. The molecular weight excluding hydrogens is 477 g/mol. The van der Waals surface area contributed by atoms with Gasteiger partial charge in [0, 0.05) is 65.2 Å². The number of aliphatic imine (C=N–C) groups is 1. The van der Waals surface area contributed by atoms with Crippen molar-refractivity contribution < 1.29 is 0 Å². The summed E-state index contributed by atoms with van der Waals surface area (Å²) in [7, 11) is 0. The van der Waals surface area contributed by atoms with Crippen LogP contribution >= 0.6 is 24.0 Å². The summed E-state index contributed by atoms with van der Waals surface area (Å²) in [5.74, 6) is 4.15. The first-order chi connectivity index (χ1) is 13.7. The van der Waals surface area contributed by atoms with Crippen LogP contribution in [0.15, 0.2) is 4.99 Å². The van der Waals surface area contributed by atoms with Gasteiger partial charge in [-0.25, -0.2) is 0 Å². The van der Waals surface area contributed by atoms with Crippen LogP contribution in [0, 0.1) is 5.92 Å². The molecule has 1 aromatic heterocycles. The van der Waals surface area contributed by atoms with Crippen LogP contribution in [0.1, 0.15) is 58.1 Å². The molecule has 1 saturated heterocycles. The number of aryl methyl sites for hydroxylation is 2. The molecule has 0 aromatic carbocycles. The van der Waals surface area contributed by atoms with E-state index in [-0.39, 0.29) is 24.0 Å². The van der Waals surface area contributed by atoms with Gasteiger partial charge in [-0.05, 0) is 32.1 Å². The highest BCUT2D eigenvalue weighted by molar-refractivity contribution is 14.0. The summed E-state index contributed by atoms with van der Waals surface area (Å²) in [4.78, 5) is 9.90. The molecule has 0 bridgehead atoms. The molecule has 2 aliphatic heterocycles. The summed E-state index contributed by atoms with van der Waals surface area (Å²) in [5, 5.41) is 12.3. The number of guanidine groups is 1. The van der Waals surface area contributed by atoms with Crippen LogP contribution in [-0.4, -0.2) is 76.3 Å². The lowest BCUT2D eigenvalue weighted by Gasteiger charge is -2.37. The Kier molecular flexibility index (Phi) is 10.7. The lowest BCUT2D eigenvalue weighted by atomic mass is 10.2. The first kappa shape index (κ1) is 24.4. The number of halogens is 1. The molecule has 1 fully saturated rings. The van der Waals surface area contributed by atoms with Gasteiger partial charge in [0.05, 0.1) is 0 Å². The predicted octanol–water partition coefficient (Wildman–Crippen LogP) is 2.79. The monoisotopic (exact) mass is 517 g/mol. The quantitative estimate of drug-likeness (QED) is 0.261. The van der Waals surface area contributed by atoms with Crippen molar-refractivity contribution in [2.24, 2.45) is 10.9 Å². The summed E-state index contributed by atoms with van der Waals surface area (Å²) in [5.41, 5.74) is 0. The normalized spacial score (nSPS) is 18.3. The number of rotatable bonds is 7. The smallest absolute Gasteiger partial charge is 0.194 e. The summed E-state index contributed by atoms with van der Waals surface area (Å²) in [6, 6.07) is 0. The van der Waals surface area contributed by atoms with Gasteiger partial charge in [0.15, 0.2) is 5.96 Å². The van der Waals surface area contributed by atoms with Crippen LogP contribution in [0.2, 0.25) is 0 Å². The Labute approximate surface area is 193 Å². The SMILES string of the molecule is CCNC(=NCCCc1nnc2n1CCCCC2)N1CCN(CC(C)C)CC1.I. The number of hydrogen-bond donors (Lipinski definition) is 1. The Hall–Kier alpha value is -0.900. The van der Waals surface area contributed by atoms with Crippen LogP contribution in [-0.2, 0) is 19.4 Å². The minimum absolute atomic E-state index is 0. The zero-order valence-electron chi connectivity index (χ0n) is 18.6. The van der Waals surface area contributed by atoms with E-state index in [0.717, 1.165) is 82.8 Å². The average molecular weight is 518 g/mol. The summed E-state index contributed by atoms with van der Waals surface area (Å²) in [6.07, 6.45) is 6.89. The summed E-state index contributed by atoms with van der Waals surface area (Å²) in [6.45, 7) is 15.2. The number of hydrogen-bond acceptors (Lipinski definition) is 4. The van der Waals surface area contributed by atoms with Crippen molar-refractivity contribution in [3.8, 4) is 0 Å².